The minimum Gasteiger partial charge on any atom is -0.310 e. The zero-order valence-corrected chi connectivity index (χ0v) is 12.3. The van der Waals surface area contributed by atoms with Gasteiger partial charge in [-0.25, -0.2) is 0 Å². The number of anilines is 1. The van der Waals surface area contributed by atoms with Crippen molar-refractivity contribution < 1.29 is 9.59 Å². The van der Waals surface area contributed by atoms with E-state index in [0.717, 1.165) is 0 Å². The fraction of sp³-hybridized carbons (Fsp3) is 0.176. The largest absolute Gasteiger partial charge is 0.310 e. The van der Waals surface area contributed by atoms with Gasteiger partial charge in [-0.2, -0.15) is 0 Å². The molecular weight excluding hydrogens is 286 g/mol. The van der Waals surface area contributed by atoms with E-state index < -0.39 is 4.87 Å². The molecular formula is C17H14ClNO2. The van der Waals surface area contributed by atoms with E-state index in [4.69, 9.17) is 11.6 Å². The number of benzene rings is 2. The molecule has 1 atom stereocenters. The normalized spacial score (nSPS) is 21.3. The number of fused-ring (bicyclic) bond motifs is 1. The summed E-state index contributed by atoms with van der Waals surface area (Å²) >= 11 is 6.56. The first-order chi connectivity index (χ1) is 10.1. The lowest BCUT2D eigenvalue weighted by Crippen LogP contribution is -2.52. The van der Waals surface area contributed by atoms with E-state index in [1.807, 2.05) is 19.1 Å². The number of Topliss-reactive ketones (excluding diaryl/α,β-unsaturated/α-hetero) is 1. The third-order valence-corrected chi connectivity index (χ3v) is 4.33. The summed E-state index contributed by atoms with van der Waals surface area (Å²) < 4.78 is 0. The van der Waals surface area contributed by atoms with Crippen LogP contribution in [-0.2, 0) is 9.67 Å². The Kier molecular flexibility index (Phi) is 3.30. The van der Waals surface area contributed by atoms with E-state index in [1.165, 1.54) is 0 Å². The number of rotatable bonds is 2. The van der Waals surface area contributed by atoms with Crippen molar-refractivity contribution in [3.63, 3.8) is 0 Å². The Morgan fingerprint density at radius 3 is 2.29 bits per heavy atom. The van der Waals surface area contributed by atoms with Crippen LogP contribution in [0.15, 0.2) is 54.6 Å². The summed E-state index contributed by atoms with van der Waals surface area (Å²) in [7, 11) is 0. The molecule has 3 nitrogen and oxygen atoms in total. The van der Waals surface area contributed by atoms with Crippen LogP contribution < -0.4 is 4.90 Å². The highest BCUT2D eigenvalue weighted by Gasteiger charge is 2.52. The number of nitrogens with zero attached hydrogens (tertiary/aromatic N) is 1. The van der Waals surface area contributed by atoms with Crippen LogP contribution in [0.25, 0.3) is 0 Å². The molecule has 4 heteroatoms. The maximum Gasteiger partial charge on any atom is 0.260 e. The summed E-state index contributed by atoms with van der Waals surface area (Å²) in [4.78, 5) is 25.5. The lowest BCUT2D eigenvalue weighted by atomic mass is 9.84. The van der Waals surface area contributed by atoms with Crippen LogP contribution in [0, 0.1) is 0 Å². The van der Waals surface area contributed by atoms with Crippen molar-refractivity contribution in [3.05, 3.63) is 65.7 Å². The average Bonchev–Trinajstić information content (AvgIpc) is 2.54. The van der Waals surface area contributed by atoms with Crippen LogP contribution in [0.1, 0.15) is 22.8 Å². The topological polar surface area (TPSA) is 37.4 Å². The molecule has 0 saturated heterocycles. The number of ketones is 1. The maximum absolute atomic E-state index is 12.8. The van der Waals surface area contributed by atoms with Crippen molar-refractivity contribution in [1.82, 2.24) is 0 Å². The van der Waals surface area contributed by atoms with Crippen LogP contribution >= 0.6 is 11.6 Å². The van der Waals surface area contributed by atoms with Crippen LogP contribution in [0.3, 0.4) is 0 Å². The number of carbonyl (C=O) groups excluding carboxylic acids is 2. The predicted octanol–water partition coefficient (Wildman–Crippen LogP) is 3.37. The Labute approximate surface area is 128 Å². The van der Waals surface area contributed by atoms with Crippen LogP contribution in [0.5, 0.6) is 0 Å². The molecule has 2 aromatic rings. The van der Waals surface area contributed by atoms with Gasteiger partial charge in [-0.1, -0.05) is 54.1 Å². The number of hydrogen-bond donors (Lipinski definition) is 0. The number of halogens is 1. The van der Waals surface area contributed by atoms with Gasteiger partial charge in [-0.05, 0) is 24.6 Å². The third kappa shape index (κ3) is 1.88. The highest BCUT2D eigenvalue weighted by Crippen LogP contribution is 2.42. The Balaban J connectivity index is 2.25. The lowest BCUT2D eigenvalue weighted by molar-refractivity contribution is -0.120. The van der Waals surface area contributed by atoms with Gasteiger partial charge in [0.1, 0.15) is 0 Å². The molecule has 0 aromatic heterocycles. The van der Waals surface area contributed by atoms with E-state index in [-0.39, 0.29) is 11.7 Å². The molecule has 1 amide bonds. The van der Waals surface area contributed by atoms with E-state index in [1.54, 1.807) is 47.4 Å². The van der Waals surface area contributed by atoms with Gasteiger partial charge in [0.25, 0.3) is 5.91 Å². The first-order valence-electron chi connectivity index (χ1n) is 6.81. The van der Waals surface area contributed by atoms with Gasteiger partial charge in [-0.3, -0.25) is 9.59 Å². The van der Waals surface area contributed by atoms with E-state index in [0.29, 0.717) is 23.4 Å². The number of likely N-dealkylation sites (N-methyl/N-ethyl adjacent to an activating group) is 1. The van der Waals surface area contributed by atoms with Crippen molar-refractivity contribution >= 4 is 29.0 Å². The summed E-state index contributed by atoms with van der Waals surface area (Å²) in [5.41, 5.74) is 1.62. The Hall–Kier alpha value is -2.13. The summed E-state index contributed by atoms with van der Waals surface area (Å²) in [6, 6.07) is 15.9. The molecule has 21 heavy (non-hydrogen) atoms. The molecule has 2 aromatic carbocycles. The van der Waals surface area contributed by atoms with Crippen LogP contribution in [-0.4, -0.2) is 18.2 Å². The highest BCUT2D eigenvalue weighted by atomic mass is 35.5. The van der Waals surface area contributed by atoms with Gasteiger partial charge in [0.05, 0.1) is 5.69 Å². The number of carbonyl (C=O) groups is 2. The van der Waals surface area contributed by atoms with Crippen molar-refractivity contribution in [2.75, 3.05) is 11.4 Å². The second kappa shape index (κ2) is 5.01. The van der Waals surface area contributed by atoms with Crippen molar-refractivity contribution in [3.8, 4) is 0 Å². The first kappa shape index (κ1) is 13.8. The van der Waals surface area contributed by atoms with Crippen LogP contribution in [0.4, 0.5) is 5.69 Å². The molecule has 0 radical (unpaired) electrons. The van der Waals surface area contributed by atoms with Gasteiger partial charge >= 0.3 is 0 Å². The fourth-order valence-electron chi connectivity index (χ4n) is 2.72. The zero-order chi connectivity index (χ0) is 15.0. The molecule has 0 bridgehead atoms. The van der Waals surface area contributed by atoms with Crippen LogP contribution in [0.2, 0.25) is 0 Å². The molecule has 1 aliphatic rings. The maximum atomic E-state index is 12.8. The minimum atomic E-state index is -1.67. The molecule has 1 aliphatic heterocycles. The molecule has 0 N–H and O–H groups in total. The highest BCUT2D eigenvalue weighted by molar-refractivity contribution is 6.51. The Morgan fingerprint density at radius 1 is 1.00 bits per heavy atom. The summed E-state index contributed by atoms with van der Waals surface area (Å²) in [5, 5.41) is 0. The average molecular weight is 300 g/mol. The molecule has 0 spiro atoms. The number of hydrogen-bond acceptors (Lipinski definition) is 2. The van der Waals surface area contributed by atoms with Crippen molar-refractivity contribution in [1.29, 1.82) is 0 Å². The monoisotopic (exact) mass is 299 g/mol. The fourth-order valence-corrected chi connectivity index (χ4v) is 3.05. The van der Waals surface area contributed by atoms with Crippen molar-refractivity contribution in [2.45, 2.75) is 11.8 Å². The van der Waals surface area contributed by atoms with E-state index in [9.17, 15) is 9.59 Å². The predicted molar refractivity (Wildman–Crippen MR) is 82.8 cm³/mol. The molecule has 0 aliphatic carbocycles. The lowest BCUT2D eigenvalue weighted by Gasteiger charge is -2.37. The minimum absolute atomic E-state index is 0.360. The third-order valence-electron chi connectivity index (χ3n) is 3.78. The standard InChI is InChI=1S/C17H14ClNO2/c1-2-19-14-11-7-6-10-13(14)15(20)17(18,16(19)21)12-8-4-3-5-9-12/h3-11H,2H2,1H3/t17-/m0/s1. The molecule has 0 fully saturated rings. The Bertz CT molecular complexity index is 714. The van der Waals surface area contributed by atoms with Gasteiger partial charge in [-0.15, -0.1) is 0 Å². The molecule has 1 heterocycles. The number of amides is 1. The van der Waals surface area contributed by atoms with Gasteiger partial charge < -0.3 is 4.90 Å². The zero-order valence-electron chi connectivity index (χ0n) is 11.5. The quantitative estimate of drug-likeness (QED) is 0.630. The van der Waals surface area contributed by atoms with E-state index >= 15 is 0 Å². The smallest absolute Gasteiger partial charge is 0.260 e. The van der Waals surface area contributed by atoms with Gasteiger partial charge in [0.2, 0.25) is 4.87 Å². The first-order valence-corrected chi connectivity index (χ1v) is 7.18. The molecule has 106 valence electrons. The molecule has 0 unspecified atom stereocenters. The SMILES string of the molecule is CCN1C(=O)[C@](Cl)(c2ccccc2)C(=O)c2ccccc21. The number of alkyl halides is 1. The van der Waals surface area contributed by atoms with E-state index in [2.05, 4.69) is 0 Å². The van der Waals surface area contributed by atoms with Gasteiger partial charge in [0.15, 0.2) is 5.78 Å². The summed E-state index contributed by atoms with van der Waals surface area (Å²) in [5.74, 6) is -0.748. The van der Waals surface area contributed by atoms with Gasteiger partial charge in [0, 0.05) is 12.1 Å². The second-order valence-electron chi connectivity index (χ2n) is 4.92. The van der Waals surface area contributed by atoms with Crippen molar-refractivity contribution in [2.24, 2.45) is 0 Å². The summed E-state index contributed by atoms with van der Waals surface area (Å²) in [6.45, 7) is 2.33. The molecule has 3 rings (SSSR count). The second-order valence-corrected chi connectivity index (χ2v) is 5.49. The number of para-hydroxylation sites is 1. The Morgan fingerprint density at radius 2 is 1.62 bits per heavy atom. The summed E-state index contributed by atoms with van der Waals surface area (Å²) in [6.07, 6.45) is 0. The molecule has 0 saturated carbocycles.